The third-order valence-electron chi connectivity index (χ3n) is 4.53. The van der Waals surface area contributed by atoms with E-state index in [1.54, 1.807) is 36.7 Å². The molecule has 11 heteroatoms. The summed E-state index contributed by atoms with van der Waals surface area (Å²) in [5.74, 6) is 1.27. The van der Waals surface area contributed by atoms with Gasteiger partial charge in [0, 0.05) is 17.7 Å². The first-order valence-corrected chi connectivity index (χ1v) is 9.84. The quantitative estimate of drug-likeness (QED) is 0.404. The Kier molecular flexibility index (Phi) is 6.06. The summed E-state index contributed by atoms with van der Waals surface area (Å²) in [6, 6.07) is 13.8. The lowest BCUT2D eigenvalue weighted by Crippen LogP contribution is -2.35. The summed E-state index contributed by atoms with van der Waals surface area (Å²) in [7, 11) is 1.60. The van der Waals surface area contributed by atoms with Gasteiger partial charge < -0.3 is 14.8 Å². The number of nitrogens with zero attached hydrogens (tertiary/aromatic N) is 6. The lowest BCUT2D eigenvalue weighted by atomic mass is 10.2. The number of aromatic nitrogens is 6. The van der Waals surface area contributed by atoms with Crippen LogP contribution in [-0.4, -0.2) is 55.8 Å². The van der Waals surface area contributed by atoms with Crippen LogP contribution in [0.25, 0.3) is 17.0 Å². The number of hydrogen-bond donors (Lipinski definition) is 1. The zero-order valence-corrected chi connectivity index (χ0v) is 17.6. The summed E-state index contributed by atoms with van der Waals surface area (Å²) in [5, 5.41) is 19.5. The largest absolute Gasteiger partial charge is 0.497 e. The van der Waals surface area contributed by atoms with Gasteiger partial charge in [0.05, 0.1) is 19.3 Å². The standard InChI is InChI=1S/C21H21N7O4/c1-14-6-9-20(30)27(25-14)13-18(29)22-10-11-32-19-8-7-17-23-24-21(28(17)26-19)15-4-3-5-16(12-15)31-2/h3-9,12H,10-11,13H2,1-2H3,(H,22,29). The first-order chi connectivity index (χ1) is 15.5. The highest BCUT2D eigenvalue weighted by Crippen LogP contribution is 2.23. The van der Waals surface area contributed by atoms with Crippen LogP contribution in [0.15, 0.2) is 53.3 Å². The Labute approximate surface area is 182 Å². The van der Waals surface area contributed by atoms with E-state index in [0.29, 0.717) is 28.8 Å². The van der Waals surface area contributed by atoms with Crippen LogP contribution in [0.4, 0.5) is 0 Å². The Morgan fingerprint density at radius 2 is 1.97 bits per heavy atom. The highest BCUT2D eigenvalue weighted by atomic mass is 16.5. The number of nitrogens with one attached hydrogen (secondary N) is 1. The molecular formula is C21H21N7O4. The molecule has 3 heterocycles. The molecule has 0 radical (unpaired) electrons. The van der Waals surface area contributed by atoms with E-state index in [0.717, 1.165) is 10.2 Å². The van der Waals surface area contributed by atoms with E-state index in [-0.39, 0.29) is 31.2 Å². The van der Waals surface area contributed by atoms with Gasteiger partial charge in [0.25, 0.3) is 5.56 Å². The van der Waals surface area contributed by atoms with Gasteiger partial charge in [-0.05, 0) is 31.2 Å². The number of ether oxygens (including phenoxy) is 2. The first kappa shape index (κ1) is 21.0. The summed E-state index contributed by atoms with van der Waals surface area (Å²) in [6.07, 6.45) is 0. The average Bonchev–Trinajstić information content (AvgIpc) is 3.22. The number of amides is 1. The molecule has 0 aliphatic carbocycles. The Hall–Kier alpha value is -4.28. The monoisotopic (exact) mass is 435 g/mol. The molecule has 164 valence electrons. The molecule has 0 aliphatic heterocycles. The van der Waals surface area contributed by atoms with Gasteiger partial charge in [-0.15, -0.1) is 15.3 Å². The van der Waals surface area contributed by atoms with Gasteiger partial charge in [-0.1, -0.05) is 12.1 Å². The fraction of sp³-hybridized carbons (Fsp3) is 0.238. The van der Waals surface area contributed by atoms with Gasteiger partial charge in [-0.3, -0.25) is 9.59 Å². The van der Waals surface area contributed by atoms with Crippen molar-refractivity contribution < 1.29 is 14.3 Å². The van der Waals surface area contributed by atoms with Gasteiger partial charge in [-0.25, -0.2) is 4.68 Å². The van der Waals surface area contributed by atoms with Gasteiger partial charge in [0.1, 0.15) is 18.9 Å². The van der Waals surface area contributed by atoms with Crippen LogP contribution in [-0.2, 0) is 11.3 Å². The number of methoxy groups -OCH3 is 1. The molecule has 1 amide bonds. The van der Waals surface area contributed by atoms with Crippen molar-refractivity contribution >= 4 is 11.6 Å². The van der Waals surface area contributed by atoms with Gasteiger partial charge >= 0.3 is 0 Å². The normalized spacial score (nSPS) is 10.8. The molecule has 32 heavy (non-hydrogen) atoms. The number of carbonyl (C=O) groups excluding carboxylic acids is 1. The van der Waals surface area contributed by atoms with Crippen LogP contribution in [0.1, 0.15) is 5.69 Å². The van der Waals surface area contributed by atoms with Crippen molar-refractivity contribution in [1.29, 1.82) is 0 Å². The molecule has 4 aromatic rings. The van der Waals surface area contributed by atoms with Crippen molar-refractivity contribution in [3.05, 3.63) is 64.6 Å². The SMILES string of the molecule is COc1cccc(-c2nnc3ccc(OCCNC(=O)Cn4nc(C)ccc4=O)nn23)c1. The lowest BCUT2D eigenvalue weighted by molar-refractivity contribution is -0.122. The fourth-order valence-corrected chi connectivity index (χ4v) is 2.99. The number of fused-ring (bicyclic) bond motifs is 1. The molecule has 0 unspecified atom stereocenters. The van der Waals surface area contributed by atoms with E-state index in [1.165, 1.54) is 6.07 Å². The number of hydrogen-bond acceptors (Lipinski definition) is 8. The van der Waals surface area contributed by atoms with E-state index in [4.69, 9.17) is 9.47 Å². The molecule has 11 nitrogen and oxygen atoms in total. The van der Waals surface area contributed by atoms with Crippen molar-refractivity contribution in [3.8, 4) is 23.0 Å². The van der Waals surface area contributed by atoms with Crippen LogP contribution in [0.5, 0.6) is 11.6 Å². The molecule has 1 N–H and O–H groups in total. The fourth-order valence-electron chi connectivity index (χ4n) is 2.99. The zero-order chi connectivity index (χ0) is 22.5. The number of benzene rings is 1. The molecule has 4 rings (SSSR count). The molecule has 0 aliphatic rings. The molecule has 0 fully saturated rings. The Bertz CT molecular complexity index is 1310. The van der Waals surface area contributed by atoms with E-state index < -0.39 is 0 Å². The van der Waals surface area contributed by atoms with Crippen LogP contribution in [0.2, 0.25) is 0 Å². The Balaban J connectivity index is 1.37. The van der Waals surface area contributed by atoms with E-state index in [9.17, 15) is 9.59 Å². The topological polar surface area (TPSA) is 126 Å². The molecule has 1 aromatic carbocycles. The maximum absolute atomic E-state index is 12.1. The summed E-state index contributed by atoms with van der Waals surface area (Å²) >= 11 is 0. The summed E-state index contributed by atoms with van der Waals surface area (Å²) in [6.45, 7) is 2.03. The second-order valence-corrected chi connectivity index (χ2v) is 6.87. The third kappa shape index (κ3) is 4.72. The minimum Gasteiger partial charge on any atom is -0.497 e. The third-order valence-corrected chi connectivity index (χ3v) is 4.53. The van der Waals surface area contributed by atoms with E-state index in [2.05, 4.69) is 25.7 Å². The highest BCUT2D eigenvalue weighted by Gasteiger charge is 2.11. The Morgan fingerprint density at radius 3 is 2.81 bits per heavy atom. The van der Waals surface area contributed by atoms with Crippen LogP contribution in [0.3, 0.4) is 0 Å². The first-order valence-electron chi connectivity index (χ1n) is 9.84. The molecule has 3 aromatic heterocycles. The minimum absolute atomic E-state index is 0.157. The number of carbonyl (C=O) groups is 1. The minimum atomic E-state index is -0.337. The smallest absolute Gasteiger partial charge is 0.267 e. The summed E-state index contributed by atoms with van der Waals surface area (Å²) in [5.41, 5.74) is 1.69. The zero-order valence-electron chi connectivity index (χ0n) is 17.6. The van der Waals surface area contributed by atoms with Crippen LogP contribution in [0, 0.1) is 6.92 Å². The molecule has 0 bridgehead atoms. The molecule has 0 atom stereocenters. The number of rotatable bonds is 8. The molecule has 0 saturated carbocycles. The summed E-state index contributed by atoms with van der Waals surface area (Å²) < 4.78 is 13.6. The molecule has 0 spiro atoms. The number of aryl methyl sites for hydroxylation is 1. The van der Waals surface area contributed by atoms with Crippen molar-refractivity contribution in [3.63, 3.8) is 0 Å². The highest BCUT2D eigenvalue weighted by molar-refractivity contribution is 5.75. The predicted molar refractivity (Wildman–Crippen MR) is 115 cm³/mol. The predicted octanol–water partition coefficient (Wildman–Crippen LogP) is 0.860. The average molecular weight is 435 g/mol. The molecule has 0 saturated heterocycles. The van der Waals surface area contributed by atoms with Crippen molar-refractivity contribution in [2.45, 2.75) is 13.5 Å². The second-order valence-electron chi connectivity index (χ2n) is 6.87. The lowest BCUT2D eigenvalue weighted by Gasteiger charge is -2.09. The van der Waals surface area contributed by atoms with Gasteiger partial charge in [0.15, 0.2) is 11.5 Å². The maximum Gasteiger partial charge on any atom is 0.267 e. The molecular weight excluding hydrogens is 414 g/mol. The summed E-state index contributed by atoms with van der Waals surface area (Å²) in [4.78, 5) is 23.8. The van der Waals surface area contributed by atoms with Gasteiger partial charge in [0.2, 0.25) is 11.8 Å². The van der Waals surface area contributed by atoms with Crippen molar-refractivity contribution in [1.82, 2.24) is 34.9 Å². The van der Waals surface area contributed by atoms with Crippen molar-refractivity contribution in [2.24, 2.45) is 0 Å². The maximum atomic E-state index is 12.1. The van der Waals surface area contributed by atoms with Crippen LogP contribution < -0.4 is 20.3 Å². The van der Waals surface area contributed by atoms with E-state index >= 15 is 0 Å². The Morgan fingerprint density at radius 1 is 1.09 bits per heavy atom. The van der Waals surface area contributed by atoms with Crippen LogP contribution >= 0.6 is 0 Å². The van der Waals surface area contributed by atoms with E-state index in [1.807, 2.05) is 24.3 Å². The van der Waals surface area contributed by atoms with Gasteiger partial charge in [-0.2, -0.15) is 9.61 Å². The van der Waals surface area contributed by atoms with Crippen molar-refractivity contribution in [2.75, 3.05) is 20.3 Å². The second kappa shape index (κ2) is 9.25.